The number of nitro groups is 1. The number of nitro benzene ring substituents is 1. The summed E-state index contributed by atoms with van der Waals surface area (Å²) in [6.45, 7) is 0. The van der Waals surface area contributed by atoms with Crippen molar-refractivity contribution >= 4 is 27.6 Å². The molecule has 9 heteroatoms. The third-order valence-electron chi connectivity index (χ3n) is 1.32. The van der Waals surface area contributed by atoms with Crippen LogP contribution in [0.25, 0.3) is 0 Å². The molecule has 0 aliphatic carbocycles. The molecule has 0 radical (unpaired) electrons. The van der Waals surface area contributed by atoms with Crippen LogP contribution in [0.5, 0.6) is 5.75 Å². The first kappa shape index (κ1) is 11.7. The lowest BCUT2D eigenvalue weighted by Gasteiger charge is -2.02. The van der Waals surface area contributed by atoms with Gasteiger partial charge in [-0.2, -0.15) is 13.6 Å². The fourth-order valence-electron chi connectivity index (χ4n) is 0.829. The summed E-state index contributed by atoms with van der Waals surface area (Å²) in [6.07, 6.45) is 0. The van der Waals surface area contributed by atoms with Gasteiger partial charge < -0.3 is 4.18 Å². The van der Waals surface area contributed by atoms with E-state index >= 15 is 0 Å². The third-order valence-corrected chi connectivity index (χ3v) is 1.97. The molecule has 0 amide bonds. The van der Waals surface area contributed by atoms with Crippen molar-refractivity contribution in [1.82, 2.24) is 0 Å². The average molecular weight is 253 g/mol. The predicted octanol–water partition coefficient (Wildman–Crippen LogP) is 0.831. The Bertz CT molecular complexity index is 500. The summed E-state index contributed by atoms with van der Waals surface area (Å²) in [6, 6.07) is 3.25. The summed E-state index contributed by atoms with van der Waals surface area (Å²) >= 11 is 5.49. The van der Waals surface area contributed by atoms with Gasteiger partial charge in [0.2, 0.25) is 5.75 Å². The number of rotatable bonds is 3. The lowest BCUT2D eigenvalue weighted by Crippen LogP contribution is -2.19. The highest BCUT2D eigenvalue weighted by molar-refractivity contribution is 7.84. The highest BCUT2D eigenvalue weighted by Gasteiger charge is 2.19. The zero-order valence-electron chi connectivity index (χ0n) is 7.08. The summed E-state index contributed by atoms with van der Waals surface area (Å²) < 4.78 is 25.3. The minimum Gasteiger partial charge on any atom is -0.364 e. The molecule has 0 aromatic heterocycles. The maximum absolute atomic E-state index is 10.6. The van der Waals surface area contributed by atoms with Gasteiger partial charge in [0.15, 0.2) is 0 Å². The minimum absolute atomic E-state index is 0.0865. The molecule has 1 rings (SSSR count). The Balaban J connectivity index is 3.24. The summed E-state index contributed by atoms with van der Waals surface area (Å²) in [5, 5.41) is 15.1. The van der Waals surface area contributed by atoms with Gasteiger partial charge in [0.25, 0.3) is 0 Å². The molecule has 0 unspecified atom stereocenters. The van der Waals surface area contributed by atoms with Crippen molar-refractivity contribution in [2.45, 2.75) is 0 Å². The molecule has 82 valence electrons. The second kappa shape index (κ2) is 4.01. The van der Waals surface area contributed by atoms with Crippen LogP contribution >= 0.6 is 11.6 Å². The smallest absolute Gasteiger partial charge is 0.364 e. The highest BCUT2D eigenvalue weighted by atomic mass is 35.5. The van der Waals surface area contributed by atoms with Crippen molar-refractivity contribution in [2.75, 3.05) is 0 Å². The molecular weight excluding hydrogens is 248 g/mol. The number of hydrogen-bond acceptors (Lipinski definition) is 5. The Hall–Kier alpha value is -1.38. The number of benzene rings is 1. The van der Waals surface area contributed by atoms with Crippen molar-refractivity contribution < 1.29 is 17.5 Å². The molecule has 0 spiro atoms. The van der Waals surface area contributed by atoms with E-state index in [2.05, 4.69) is 9.32 Å². The molecule has 0 atom stereocenters. The quantitative estimate of drug-likeness (QED) is 0.632. The zero-order valence-corrected chi connectivity index (χ0v) is 8.66. The van der Waals surface area contributed by atoms with E-state index in [9.17, 15) is 18.5 Å². The van der Waals surface area contributed by atoms with Gasteiger partial charge in [-0.1, -0.05) is 11.6 Å². The molecule has 0 fully saturated rings. The van der Waals surface area contributed by atoms with Gasteiger partial charge in [-0.25, -0.2) is 0 Å². The van der Waals surface area contributed by atoms with Crippen LogP contribution in [-0.4, -0.2) is 13.3 Å². The van der Waals surface area contributed by atoms with Gasteiger partial charge in [0.05, 0.1) is 4.92 Å². The predicted molar refractivity (Wildman–Crippen MR) is 51.8 cm³/mol. The number of halogens is 1. The van der Waals surface area contributed by atoms with Crippen molar-refractivity contribution in [2.24, 2.45) is 5.14 Å². The number of nitrogens with two attached hydrogens (primary N) is 1. The molecule has 15 heavy (non-hydrogen) atoms. The van der Waals surface area contributed by atoms with E-state index in [0.717, 1.165) is 12.1 Å². The van der Waals surface area contributed by atoms with Crippen LogP contribution in [0.2, 0.25) is 5.02 Å². The van der Waals surface area contributed by atoms with Crippen molar-refractivity contribution in [3.05, 3.63) is 33.3 Å². The minimum atomic E-state index is -4.29. The standard InChI is InChI=1S/C6H5ClN2O5S/c7-4-1-2-6(14-15(8,12)13)5(3-4)9(10)11/h1-3H,(H2,8,12,13). The molecule has 1 aromatic rings. The Morgan fingerprint density at radius 3 is 2.53 bits per heavy atom. The van der Waals surface area contributed by atoms with E-state index in [1.54, 1.807) is 0 Å². The van der Waals surface area contributed by atoms with Crippen LogP contribution in [0.1, 0.15) is 0 Å². The van der Waals surface area contributed by atoms with Crippen molar-refractivity contribution in [1.29, 1.82) is 0 Å². The molecule has 0 bridgehead atoms. The molecule has 7 nitrogen and oxygen atoms in total. The molecule has 0 heterocycles. The van der Waals surface area contributed by atoms with Gasteiger partial charge in [-0.3, -0.25) is 10.1 Å². The van der Waals surface area contributed by atoms with Crippen LogP contribution in [0, 0.1) is 10.1 Å². The van der Waals surface area contributed by atoms with Gasteiger partial charge in [0.1, 0.15) is 0 Å². The van der Waals surface area contributed by atoms with Crippen LogP contribution in [0.4, 0.5) is 5.69 Å². The third kappa shape index (κ3) is 3.35. The Morgan fingerprint density at radius 1 is 1.47 bits per heavy atom. The second-order valence-corrected chi connectivity index (χ2v) is 4.03. The molecule has 0 saturated carbocycles. The second-order valence-electron chi connectivity index (χ2n) is 2.45. The van der Waals surface area contributed by atoms with Gasteiger partial charge in [-0.15, -0.1) is 0 Å². The Morgan fingerprint density at radius 2 is 2.07 bits per heavy atom. The molecule has 2 N–H and O–H groups in total. The normalized spacial score (nSPS) is 11.1. The van der Waals surface area contributed by atoms with E-state index in [-0.39, 0.29) is 5.02 Å². The van der Waals surface area contributed by atoms with E-state index in [1.807, 2.05) is 0 Å². The molecule has 0 aliphatic rings. The summed E-state index contributed by atoms with van der Waals surface area (Å²) in [7, 11) is -4.29. The number of nitrogens with zero attached hydrogens (tertiary/aromatic N) is 1. The van der Waals surface area contributed by atoms with E-state index in [4.69, 9.17) is 11.6 Å². The average Bonchev–Trinajstić information content (AvgIpc) is 2.05. The monoisotopic (exact) mass is 252 g/mol. The van der Waals surface area contributed by atoms with E-state index in [1.165, 1.54) is 6.07 Å². The highest BCUT2D eigenvalue weighted by Crippen LogP contribution is 2.30. The first-order valence-corrected chi connectivity index (χ1v) is 5.30. The lowest BCUT2D eigenvalue weighted by atomic mass is 10.3. The fourth-order valence-corrected chi connectivity index (χ4v) is 1.39. The largest absolute Gasteiger partial charge is 0.380 e. The summed E-state index contributed by atoms with van der Waals surface area (Å²) in [4.78, 5) is 9.66. The molecular formula is C6H5ClN2O5S. The van der Waals surface area contributed by atoms with Crippen LogP contribution in [0.3, 0.4) is 0 Å². The molecule has 0 saturated heterocycles. The summed E-state index contributed by atoms with van der Waals surface area (Å²) in [5.41, 5.74) is -0.573. The first-order valence-electron chi connectivity index (χ1n) is 3.46. The van der Waals surface area contributed by atoms with Crippen molar-refractivity contribution in [3.8, 4) is 5.75 Å². The first-order chi connectivity index (χ1) is 6.79. The topological polar surface area (TPSA) is 113 Å². The SMILES string of the molecule is NS(=O)(=O)Oc1ccc(Cl)cc1[N+](=O)[O-]. The lowest BCUT2D eigenvalue weighted by molar-refractivity contribution is -0.385. The van der Waals surface area contributed by atoms with Crippen LogP contribution in [-0.2, 0) is 10.3 Å². The van der Waals surface area contributed by atoms with Gasteiger partial charge >= 0.3 is 16.0 Å². The Labute approximate surface area is 89.8 Å². The Kier molecular flexibility index (Phi) is 3.12. The van der Waals surface area contributed by atoms with Gasteiger partial charge in [0, 0.05) is 11.1 Å². The number of hydrogen-bond donors (Lipinski definition) is 1. The van der Waals surface area contributed by atoms with E-state index in [0.29, 0.717) is 0 Å². The fraction of sp³-hybridized carbons (Fsp3) is 0. The van der Waals surface area contributed by atoms with Crippen LogP contribution in [0.15, 0.2) is 18.2 Å². The zero-order chi connectivity index (χ0) is 11.6. The van der Waals surface area contributed by atoms with E-state index < -0.39 is 26.7 Å². The molecule has 0 aliphatic heterocycles. The van der Waals surface area contributed by atoms with Gasteiger partial charge in [-0.05, 0) is 12.1 Å². The maximum atomic E-state index is 10.6. The summed E-state index contributed by atoms with van der Waals surface area (Å²) in [5.74, 6) is -0.480. The maximum Gasteiger partial charge on any atom is 0.380 e. The molecule has 1 aromatic carbocycles. The van der Waals surface area contributed by atoms with Crippen LogP contribution < -0.4 is 9.32 Å². The van der Waals surface area contributed by atoms with Crippen molar-refractivity contribution in [3.63, 3.8) is 0 Å².